The Labute approximate surface area is 195 Å². The maximum atomic E-state index is 14.7. The molecule has 0 aliphatic carbocycles. The van der Waals surface area contributed by atoms with Crippen molar-refractivity contribution in [3.63, 3.8) is 0 Å². The fraction of sp³-hybridized carbons (Fsp3) is 0.208. The Balaban J connectivity index is 1.81. The molecule has 0 aliphatic rings. The Kier molecular flexibility index (Phi) is 7.62. The SMILES string of the molecule is C=CC(=O)Nc1cccc(C)c1Nc1ncc(OC(C)c2c(F)c(OC)cc(OC)c2F)cn1. The molecule has 0 radical (unpaired) electrons. The quantitative estimate of drug-likeness (QED) is 0.421. The first-order valence-electron chi connectivity index (χ1n) is 10.2. The van der Waals surface area contributed by atoms with Crippen molar-refractivity contribution in [3.05, 3.63) is 72.1 Å². The molecule has 1 heterocycles. The second-order valence-electron chi connectivity index (χ2n) is 7.14. The number of carbonyl (C=O) groups is 1. The van der Waals surface area contributed by atoms with Gasteiger partial charge >= 0.3 is 0 Å². The summed E-state index contributed by atoms with van der Waals surface area (Å²) in [6, 6.07) is 6.50. The van der Waals surface area contributed by atoms with Crippen LogP contribution in [0.15, 0.2) is 49.3 Å². The third-order valence-corrected chi connectivity index (χ3v) is 4.91. The van der Waals surface area contributed by atoms with Crippen molar-refractivity contribution < 1.29 is 27.8 Å². The largest absolute Gasteiger partial charge is 0.494 e. The highest BCUT2D eigenvalue weighted by Gasteiger charge is 2.25. The van der Waals surface area contributed by atoms with E-state index >= 15 is 0 Å². The molecule has 0 fully saturated rings. The number of halogens is 2. The van der Waals surface area contributed by atoms with Gasteiger partial charge < -0.3 is 24.8 Å². The van der Waals surface area contributed by atoms with E-state index in [0.29, 0.717) is 11.4 Å². The minimum absolute atomic E-state index is 0.169. The lowest BCUT2D eigenvalue weighted by atomic mass is 10.1. The van der Waals surface area contributed by atoms with E-state index in [0.717, 1.165) is 11.6 Å². The maximum absolute atomic E-state index is 14.7. The third-order valence-electron chi connectivity index (χ3n) is 4.91. The molecule has 8 nitrogen and oxygen atoms in total. The zero-order chi connectivity index (χ0) is 24.8. The number of nitrogens with zero attached hydrogens (tertiary/aromatic N) is 2. The van der Waals surface area contributed by atoms with Gasteiger partial charge in [-0.15, -0.1) is 0 Å². The van der Waals surface area contributed by atoms with E-state index in [1.165, 1.54) is 39.6 Å². The minimum atomic E-state index is -1.04. The molecule has 178 valence electrons. The first-order chi connectivity index (χ1) is 16.3. The van der Waals surface area contributed by atoms with Gasteiger partial charge in [0.05, 0.1) is 43.6 Å². The van der Waals surface area contributed by atoms with E-state index < -0.39 is 17.7 Å². The van der Waals surface area contributed by atoms with Gasteiger partial charge in [-0.1, -0.05) is 18.7 Å². The maximum Gasteiger partial charge on any atom is 0.247 e. The molecule has 0 aliphatic heterocycles. The molecule has 2 N–H and O–H groups in total. The number of amides is 1. The normalized spacial score (nSPS) is 11.4. The van der Waals surface area contributed by atoms with Crippen molar-refractivity contribution in [1.29, 1.82) is 0 Å². The number of hydrogen-bond donors (Lipinski definition) is 2. The zero-order valence-electron chi connectivity index (χ0n) is 19.1. The van der Waals surface area contributed by atoms with Gasteiger partial charge in [-0.25, -0.2) is 18.7 Å². The number of ether oxygens (including phenoxy) is 3. The van der Waals surface area contributed by atoms with Crippen molar-refractivity contribution >= 4 is 23.2 Å². The molecule has 1 atom stereocenters. The Morgan fingerprint density at radius 2 is 1.74 bits per heavy atom. The molecule has 2 aromatic carbocycles. The van der Waals surface area contributed by atoms with Crippen molar-refractivity contribution in [1.82, 2.24) is 9.97 Å². The third kappa shape index (κ3) is 5.22. The number of benzene rings is 2. The summed E-state index contributed by atoms with van der Waals surface area (Å²) in [6.07, 6.45) is 2.85. The van der Waals surface area contributed by atoms with E-state index in [1.807, 2.05) is 13.0 Å². The van der Waals surface area contributed by atoms with Crippen molar-refractivity contribution in [3.8, 4) is 17.2 Å². The average molecular weight is 470 g/mol. The number of rotatable bonds is 9. The monoisotopic (exact) mass is 470 g/mol. The van der Waals surface area contributed by atoms with Gasteiger partial charge in [-0.05, 0) is 31.6 Å². The van der Waals surface area contributed by atoms with Gasteiger partial charge in [0.1, 0.15) is 6.10 Å². The average Bonchev–Trinajstić information content (AvgIpc) is 2.82. The summed E-state index contributed by atoms with van der Waals surface area (Å²) >= 11 is 0. The summed E-state index contributed by atoms with van der Waals surface area (Å²) in [5, 5.41) is 5.77. The molecule has 1 aromatic heterocycles. The first kappa shape index (κ1) is 24.4. The zero-order valence-corrected chi connectivity index (χ0v) is 19.1. The molecule has 1 amide bonds. The molecule has 34 heavy (non-hydrogen) atoms. The van der Waals surface area contributed by atoms with Gasteiger partial charge in [0.15, 0.2) is 28.9 Å². The van der Waals surface area contributed by atoms with E-state index in [2.05, 4.69) is 27.2 Å². The van der Waals surface area contributed by atoms with Crippen LogP contribution in [0.2, 0.25) is 0 Å². The highest BCUT2D eigenvalue weighted by atomic mass is 19.1. The molecule has 3 aromatic rings. The van der Waals surface area contributed by atoms with Crippen LogP contribution >= 0.6 is 0 Å². The predicted molar refractivity (Wildman–Crippen MR) is 124 cm³/mol. The highest BCUT2D eigenvalue weighted by Crippen LogP contribution is 2.36. The first-order valence-corrected chi connectivity index (χ1v) is 10.2. The number of aromatic nitrogens is 2. The number of nitrogens with one attached hydrogen (secondary N) is 2. The van der Waals surface area contributed by atoms with Crippen molar-refractivity contribution in [2.24, 2.45) is 0 Å². The Hall–Kier alpha value is -4.21. The second-order valence-corrected chi connectivity index (χ2v) is 7.14. The lowest BCUT2D eigenvalue weighted by molar-refractivity contribution is -0.111. The molecule has 3 rings (SSSR count). The summed E-state index contributed by atoms with van der Waals surface area (Å²) in [5.74, 6) is -2.06. The van der Waals surface area contributed by atoms with E-state index in [4.69, 9.17) is 14.2 Å². The molecule has 0 bridgehead atoms. The number of methoxy groups -OCH3 is 2. The van der Waals surface area contributed by atoms with Crippen molar-refractivity contribution in [2.75, 3.05) is 24.9 Å². The topological polar surface area (TPSA) is 94.6 Å². The van der Waals surface area contributed by atoms with Gasteiger partial charge in [0, 0.05) is 6.07 Å². The van der Waals surface area contributed by atoms with Crippen LogP contribution in [0.3, 0.4) is 0 Å². The van der Waals surface area contributed by atoms with Crippen LogP contribution in [-0.2, 0) is 4.79 Å². The number of carbonyl (C=O) groups excluding carboxylic acids is 1. The van der Waals surface area contributed by atoms with Crippen LogP contribution in [0.1, 0.15) is 24.2 Å². The molecule has 0 saturated heterocycles. The van der Waals surface area contributed by atoms with Crippen LogP contribution in [0, 0.1) is 18.6 Å². The number of anilines is 3. The van der Waals surface area contributed by atoms with Gasteiger partial charge in [0.25, 0.3) is 0 Å². The van der Waals surface area contributed by atoms with E-state index in [9.17, 15) is 13.6 Å². The number of hydrogen-bond acceptors (Lipinski definition) is 7. The van der Waals surface area contributed by atoms with Crippen LogP contribution in [0.5, 0.6) is 17.2 Å². The summed E-state index contributed by atoms with van der Waals surface area (Å²) in [5.41, 5.74) is 1.63. The fourth-order valence-corrected chi connectivity index (χ4v) is 3.20. The lowest BCUT2D eigenvalue weighted by Crippen LogP contribution is -2.12. The van der Waals surface area contributed by atoms with Gasteiger partial charge in [-0.3, -0.25) is 4.79 Å². The Morgan fingerprint density at radius 1 is 1.12 bits per heavy atom. The van der Waals surface area contributed by atoms with Crippen LogP contribution < -0.4 is 24.8 Å². The summed E-state index contributed by atoms with van der Waals surface area (Å²) in [6.45, 7) is 6.78. The lowest BCUT2D eigenvalue weighted by Gasteiger charge is -2.19. The molecule has 1 unspecified atom stereocenters. The molecule has 10 heteroatoms. The van der Waals surface area contributed by atoms with Gasteiger partial charge in [0.2, 0.25) is 11.9 Å². The number of para-hydroxylation sites is 1. The molecule has 0 spiro atoms. The van der Waals surface area contributed by atoms with E-state index in [1.54, 1.807) is 12.1 Å². The van der Waals surface area contributed by atoms with Crippen LogP contribution in [0.4, 0.5) is 26.1 Å². The Bertz CT molecular complexity index is 1170. The van der Waals surface area contributed by atoms with Crippen LogP contribution in [-0.4, -0.2) is 30.1 Å². The predicted octanol–water partition coefficient (Wildman–Crippen LogP) is 5.09. The summed E-state index contributed by atoms with van der Waals surface area (Å²) in [4.78, 5) is 20.1. The molecular formula is C24H24F2N4O4. The molecule has 0 saturated carbocycles. The van der Waals surface area contributed by atoms with E-state index in [-0.39, 0.29) is 34.7 Å². The number of aryl methyl sites for hydroxylation is 1. The standard InChI is InChI=1S/C24H24F2N4O4/c1-6-19(31)29-16-9-7-8-13(2)23(16)30-24-27-11-15(12-28-24)34-14(3)20-21(25)17(32-4)10-18(33-5)22(20)26/h6-12,14H,1H2,2-5H3,(H,29,31)(H,27,28,30). The minimum Gasteiger partial charge on any atom is -0.494 e. The molecular weight excluding hydrogens is 446 g/mol. The van der Waals surface area contributed by atoms with Crippen LogP contribution in [0.25, 0.3) is 0 Å². The summed E-state index contributed by atoms with van der Waals surface area (Å²) in [7, 11) is 2.54. The highest BCUT2D eigenvalue weighted by molar-refractivity contribution is 6.01. The van der Waals surface area contributed by atoms with Gasteiger partial charge in [-0.2, -0.15) is 0 Å². The smallest absolute Gasteiger partial charge is 0.247 e. The second kappa shape index (κ2) is 10.6. The van der Waals surface area contributed by atoms with Crippen molar-refractivity contribution in [2.45, 2.75) is 20.0 Å². The summed E-state index contributed by atoms with van der Waals surface area (Å²) < 4.78 is 45.0. The Morgan fingerprint density at radius 3 is 2.29 bits per heavy atom. The fourth-order valence-electron chi connectivity index (χ4n) is 3.20.